The number of amides is 1. The molecule has 0 saturated carbocycles. The van der Waals surface area contributed by atoms with E-state index in [2.05, 4.69) is 21.2 Å². The molecule has 6 heteroatoms. The Balaban J connectivity index is 2.36. The second kappa shape index (κ2) is 6.45. The number of nitrogens with zero attached hydrogens (tertiary/aromatic N) is 1. The maximum atomic E-state index is 13.5. The zero-order chi connectivity index (χ0) is 15.6. The van der Waals surface area contributed by atoms with Crippen LogP contribution in [0.1, 0.15) is 10.4 Å². The molecule has 0 spiro atoms. The van der Waals surface area contributed by atoms with Gasteiger partial charge in [0, 0.05) is 19.1 Å². The molecule has 110 valence electrons. The van der Waals surface area contributed by atoms with E-state index in [-0.39, 0.29) is 10.0 Å². The third-order valence-corrected chi connectivity index (χ3v) is 3.93. The van der Waals surface area contributed by atoms with Gasteiger partial charge in [-0.15, -0.1) is 0 Å². The predicted octanol–water partition coefficient (Wildman–Crippen LogP) is 4.56. The zero-order valence-electron chi connectivity index (χ0n) is 11.5. The lowest BCUT2D eigenvalue weighted by Gasteiger charge is -2.18. The maximum Gasteiger partial charge on any atom is 0.256 e. The molecule has 0 unspecified atom stereocenters. The van der Waals surface area contributed by atoms with Crippen molar-refractivity contribution in [3.8, 4) is 0 Å². The summed E-state index contributed by atoms with van der Waals surface area (Å²) in [4.78, 5) is 14.2. The molecule has 2 aromatic rings. The Morgan fingerprint density at radius 3 is 2.67 bits per heavy atom. The number of benzene rings is 2. The normalized spacial score (nSPS) is 10.3. The molecule has 3 nitrogen and oxygen atoms in total. The fourth-order valence-corrected chi connectivity index (χ4v) is 2.48. The van der Waals surface area contributed by atoms with Gasteiger partial charge in [-0.05, 0) is 46.3 Å². The fourth-order valence-electron chi connectivity index (χ4n) is 1.87. The number of hydrogen-bond acceptors (Lipinski definition) is 2. The Morgan fingerprint density at radius 2 is 2.00 bits per heavy atom. The highest BCUT2D eigenvalue weighted by Gasteiger charge is 2.15. The molecule has 1 N–H and O–H groups in total. The lowest BCUT2D eigenvalue weighted by molar-refractivity contribution is 0.102. The highest BCUT2D eigenvalue weighted by atomic mass is 79.9. The Morgan fingerprint density at radius 1 is 1.29 bits per heavy atom. The number of rotatable bonds is 3. The van der Waals surface area contributed by atoms with Crippen LogP contribution in [0, 0.1) is 5.82 Å². The van der Waals surface area contributed by atoms with Gasteiger partial charge in [-0.25, -0.2) is 4.39 Å². The van der Waals surface area contributed by atoms with E-state index in [1.54, 1.807) is 24.3 Å². The van der Waals surface area contributed by atoms with E-state index in [0.29, 0.717) is 10.7 Å². The molecule has 0 aliphatic carbocycles. The molecule has 0 fully saturated rings. The van der Waals surface area contributed by atoms with Crippen LogP contribution in [-0.4, -0.2) is 20.0 Å². The van der Waals surface area contributed by atoms with Crippen LogP contribution < -0.4 is 10.2 Å². The second-order valence-electron chi connectivity index (χ2n) is 4.61. The monoisotopic (exact) mass is 370 g/mol. The van der Waals surface area contributed by atoms with Crippen LogP contribution in [0.25, 0.3) is 0 Å². The minimum Gasteiger partial charge on any atom is -0.376 e. The molecular formula is C15H13BrClFN2O. The van der Waals surface area contributed by atoms with E-state index >= 15 is 0 Å². The quantitative estimate of drug-likeness (QED) is 0.858. The average Bonchev–Trinajstić information content (AvgIpc) is 2.41. The van der Waals surface area contributed by atoms with Crippen LogP contribution in [-0.2, 0) is 0 Å². The molecule has 21 heavy (non-hydrogen) atoms. The first kappa shape index (κ1) is 15.8. The topological polar surface area (TPSA) is 32.3 Å². The van der Waals surface area contributed by atoms with Gasteiger partial charge in [0.2, 0.25) is 0 Å². The highest BCUT2D eigenvalue weighted by Crippen LogP contribution is 2.29. The molecular weight excluding hydrogens is 359 g/mol. The first-order valence-electron chi connectivity index (χ1n) is 6.12. The van der Waals surface area contributed by atoms with Crippen LogP contribution in [0.2, 0.25) is 5.02 Å². The molecule has 2 rings (SSSR count). The maximum absolute atomic E-state index is 13.5. The van der Waals surface area contributed by atoms with Gasteiger partial charge in [0.15, 0.2) is 0 Å². The van der Waals surface area contributed by atoms with E-state index in [9.17, 15) is 9.18 Å². The van der Waals surface area contributed by atoms with Gasteiger partial charge in [0.25, 0.3) is 5.91 Å². The standard InChI is InChI=1S/C15H13BrClFN2O/c1-20(2)13-7-6-9(17)8-12(13)19-15(21)10-4-3-5-11(18)14(10)16/h3-8H,1-2H3,(H,19,21). The smallest absolute Gasteiger partial charge is 0.256 e. The van der Waals surface area contributed by atoms with Crippen molar-refractivity contribution >= 4 is 44.8 Å². The number of nitrogens with one attached hydrogen (secondary N) is 1. The molecule has 1 amide bonds. The van der Waals surface area contributed by atoms with Crippen molar-refractivity contribution in [2.45, 2.75) is 0 Å². The summed E-state index contributed by atoms with van der Waals surface area (Å²) in [6, 6.07) is 9.51. The zero-order valence-corrected chi connectivity index (χ0v) is 13.8. The summed E-state index contributed by atoms with van der Waals surface area (Å²) in [7, 11) is 3.72. The number of anilines is 2. The average molecular weight is 372 g/mol. The second-order valence-corrected chi connectivity index (χ2v) is 5.84. The van der Waals surface area contributed by atoms with Crippen LogP contribution >= 0.6 is 27.5 Å². The van der Waals surface area contributed by atoms with Gasteiger partial charge >= 0.3 is 0 Å². The van der Waals surface area contributed by atoms with Gasteiger partial charge < -0.3 is 10.2 Å². The van der Waals surface area contributed by atoms with Gasteiger partial charge in [0.05, 0.1) is 21.4 Å². The Hall–Kier alpha value is -1.59. The third-order valence-electron chi connectivity index (χ3n) is 2.88. The molecule has 0 aromatic heterocycles. The van der Waals surface area contributed by atoms with Gasteiger partial charge in [-0.3, -0.25) is 4.79 Å². The van der Waals surface area contributed by atoms with Crippen molar-refractivity contribution < 1.29 is 9.18 Å². The lowest BCUT2D eigenvalue weighted by atomic mass is 10.2. The summed E-state index contributed by atoms with van der Waals surface area (Å²) in [5.41, 5.74) is 1.59. The largest absolute Gasteiger partial charge is 0.376 e. The van der Waals surface area contributed by atoms with Gasteiger partial charge in [-0.1, -0.05) is 17.7 Å². The van der Waals surface area contributed by atoms with Crippen molar-refractivity contribution in [3.63, 3.8) is 0 Å². The molecule has 0 bridgehead atoms. The van der Waals surface area contributed by atoms with Crippen LogP contribution in [0.3, 0.4) is 0 Å². The lowest BCUT2D eigenvalue weighted by Crippen LogP contribution is -2.17. The van der Waals surface area contributed by atoms with E-state index in [1.807, 2.05) is 19.0 Å². The third kappa shape index (κ3) is 3.54. The van der Waals surface area contributed by atoms with Crippen molar-refractivity contribution in [2.24, 2.45) is 0 Å². The summed E-state index contributed by atoms with van der Waals surface area (Å²) in [6.07, 6.45) is 0. The molecule has 0 radical (unpaired) electrons. The van der Waals surface area contributed by atoms with Crippen LogP contribution in [0.5, 0.6) is 0 Å². The highest BCUT2D eigenvalue weighted by molar-refractivity contribution is 9.10. The number of hydrogen-bond donors (Lipinski definition) is 1. The Kier molecular flexibility index (Phi) is 4.85. The summed E-state index contributed by atoms with van der Waals surface area (Å²) < 4.78 is 13.6. The Labute approximate surface area is 135 Å². The number of carbonyl (C=O) groups is 1. The number of halogens is 3. The molecule has 0 aliphatic rings. The van der Waals surface area contributed by atoms with Crippen molar-refractivity contribution in [2.75, 3.05) is 24.3 Å². The first-order valence-corrected chi connectivity index (χ1v) is 7.29. The Bertz CT molecular complexity index is 691. The first-order chi connectivity index (χ1) is 9.90. The predicted molar refractivity (Wildman–Crippen MR) is 87.8 cm³/mol. The van der Waals surface area contributed by atoms with Gasteiger partial charge in [-0.2, -0.15) is 0 Å². The molecule has 0 aliphatic heterocycles. The summed E-state index contributed by atoms with van der Waals surface area (Å²) in [5, 5.41) is 3.26. The van der Waals surface area contributed by atoms with Crippen LogP contribution in [0.4, 0.5) is 15.8 Å². The van der Waals surface area contributed by atoms with Crippen molar-refractivity contribution in [3.05, 3.63) is 57.3 Å². The van der Waals surface area contributed by atoms with Crippen molar-refractivity contribution in [1.82, 2.24) is 0 Å². The molecule has 0 atom stereocenters. The minimum atomic E-state index is -0.485. The molecule has 0 heterocycles. The summed E-state index contributed by atoms with van der Waals surface area (Å²) >= 11 is 9.05. The fraction of sp³-hybridized carbons (Fsp3) is 0.133. The summed E-state index contributed by atoms with van der Waals surface area (Å²) in [5.74, 6) is -0.895. The van der Waals surface area contributed by atoms with Crippen molar-refractivity contribution in [1.29, 1.82) is 0 Å². The van der Waals surface area contributed by atoms with E-state index < -0.39 is 11.7 Å². The molecule has 2 aromatic carbocycles. The molecule has 0 saturated heterocycles. The van der Waals surface area contributed by atoms with Gasteiger partial charge in [0.1, 0.15) is 5.82 Å². The van der Waals surface area contributed by atoms with E-state index in [4.69, 9.17) is 11.6 Å². The number of carbonyl (C=O) groups excluding carboxylic acids is 1. The van der Waals surface area contributed by atoms with E-state index in [1.165, 1.54) is 12.1 Å². The SMILES string of the molecule is CN(C)c1ccc(Cl)cc1NC(=O)c1cccc(F)c1Br. The minimum absolute atomic E-state index is 0.135. The van der Waals surface area contributed by atoms with E-state index in [0.717, 1.165) is 5.69 Å². The van der Waals surface area contributed by atoms with Crippen LogP contribution in [0.15, 0.2) is 40.9 Å². The summed E-state index contributed by atoms with van der Waals surface area (Å²) in [6.45, 7) is 0.